The first-order chi connectivity index (χ1) is 17.8. The minimum atomic E-state index is 0. The van der Waals surface area contributed by atoms with Crippen LogP contribution >= 0.6 is 60.1 Å². The van der Waals surface area contributed by atoms with Crippen molar-refractivity contribution in [1.29, 1.82) is 0 Å². The molecule has 4 heterocycles. The minimum absolute atomic E-state index is 0. The molecule has 0 unspecified atom stereocenters. The number of nitrogens with zero attached hydrogens (tertiary/aromatic N) is 5. The zero-order chi connectivity index (χ0) is 26.4. The second-order valence-corrected chi connectivity index (χ2v) is 13.8. The van der Waals surface area contributed by atoms with Gasteiger partial charge < -0.3 is 9.73 Å². The van der Waals surface area contributed by atoms with E-state index < -0.39 is 0 Å². The average Bonchev–Trinajstić information content (AvgIpc) is 3.24. The molecule has 4 rings (SSSR count). The molecule has 1 aliphatic heterocycles. The standard InChI is InChI=1S/C26H36N6O2S3.2ClH/c1-17(2)36-21-15-19(5)28-25(37-18(3)4)23(21)29-22(33)16-32-11-9-31(10-12-32)13-14-35-26-30-24-20(34-26)7-6-8-27-24;;/h6-8,15,17-18H,9-14,16H2,1-5H3,(H,29,33);2*1H. The molecule has 0 spiro atoms. The number of amides is 1. The number of piperazine rings is 1. The molecule has 0 saturated carbocycles. The van der Waals surface area contributed by atoms with Gasteiger partial charge in [-0.05, 0) is 25.1 Å². The van der Waals surface area contributed by atoms with Crippen LogP contribution in [0.2, 0.25) is 0 Å². The lowest BCUT2D eigenvalue weighted by Gasteiger charge is -2.34. The maximum Gasteiger partial charge on any atom is 0.258 e. The third-order valence-electron chi connectivity index (χ3n) is 5.66. The van der Waals surface area contributed by atoms with Gasteiger partial charge >= 0.3 is 0 Å². The van der Waals surface area contributed by atoms with Crippen LogP contribution < -0.4 is 5.32 Å². The molecule has 216 valence electrons. The maximum absolute atomic E-state index is 13.1. The number of carbonyl (C=O) groups is 1. The first kappa shape index (κ1) is 34.0. The Bertz CT molecular complexity index is 1140. The Morgan fingerprint density at radius 3 is 2.41 bits per heavy atom. The summed E-state index contributed by atoms with van der Waals surface area (Å²) in [5.41, 5.74) is 3.22. The molecule has 1 N–H and O–H groups in total. The molecule has 1 fully saturated rings. The highest BCUT2D eigenvalue weighted by molar-refractivity contribution is 8.01. The summed E-state index contributed by atoms with van der Waals surface area (Å²) in [6.07, 6.45) is 1.73. The topological polar surface area (TPSA) is 87.4 Å². The summed E-state index contributed by atoms with van der Waals surface area (Å²) >= 11 is 5.09. The van der Waals surface area contributed by atoms with Crippen LogP contribution in [0.3, 0.4) is 0 Å². The van der Waals surface area contributed by atoms with Crippen molar-refractivity contribution in [2.45, 2.75) is 60.3 Å². The number of hydrogen-bond donors (Lipinski definition) is 1. The van der Waals surface area contributed by atoms with E-state index in [-0.39, 0.29) is 30.7 Å². The number of thioether (sulfide) groups is 3. The van der Waals surface area contributed by atoms with E-state index in [2.05, 4.69) is 58.8 Å². The SMILES string of the molecule is Cc1cc(SC(C)C)c(NC(=O)CN2CCN(CCSc3nc4ncccc4o3)CC2)c(SC(C)C)n1.Cl.Cl. The van der Waals surface area contributed by atoms with Crippen LogP contribution in [0.1, 0.15) is 33.4 Å². The number of oxazole rings is 1. The molecule has 0 radical (unpaired) electrons. The minimum Gasteiger partial charge on any atom is -0.430 e. The first-order valence-corrected chi connectivity index (χ1v) is 15.4. The van der Waals surface area contributed by atoms with Gasteiger partial charge in [0.25, 0.3) is 5.22 Å². The van der Waals surface area contributed by atoms with Crippen molar-refractivity contribution in [1.82, 2.24) is 24.8 Å². The number of aryl methyl sites for hydroxylation is 1. The van der Waals surface area contributed by atoms with Crippen molar-refractivity contribution < 1.29 is 9.21 Å². The van der Waals surface area contributed by atoms with E-state index in [1.165, 1.54) is 0 Å². The van der Waals surface area contributed by atoms with Gasteiger partial charge in [-0.3, -0.25) is 14.6 Å². The van der Waals surface area contributed by atoms with Crippen LogP contribution in [0.5, 0.6) is 0 Å². The predicted octanol–water partition coefficient (Wildman–Crippen LogP) is 6.12. The number of hydrogen-bond acceptors (Lipinski definition) is 10. The van der Waals surface area contributed by atoms with Gasteiger partial charge in [0.2, 0.25) is 5.91 Å². The summed E-state index contributed by atoms with van der Waals surface area (Å²) in [7, 11) is 0. The molecule has 0 bridgehead atoms. The number of pyridine rings is 2. The molecule has 3 aromatic rings. The second kappa shape index (κ2) is 16.3. The van der Waals surface area contributed by atoms with Crippen LogP contribution in [0.25, 0.3) is 11.2 Å². The van der Waals surface area contributed by atoms with Crippen molar-refractivity contribution in [3.63, 3.8) is 0 Å². The number of halogens is 2. The average molecular weight is 634 g/mol. The Labute approximate surface area is 256 Å². The van der Waals surface area contributed by atoms with Gasteiger partial charge in [0.05, 0.1) is 12.2 Å². The highest BCUT2D eigenvalue weighted by Crippen LogP contribution is 2.38. The van der Waals surface area contributed by atoms with Gasteiger partial charge in [-0.2, -0.15) is 4.98 Å². The van der Waals surface area contributed by atoms with Crippen molar-refractivity contribution in [3.8, 4) is 0 Å². The fourth-order valence-corrected chi connectivity index (χ4v) is 6.83. The molecule has 1 saturated heterocycles. The zero-order valence-electron chi connectivity index (χ0n) is 23.0. The van der Waals surface area contributed by atoms with Crippen molar-refractivity contribution >= 4 is 82.9 Å². The Morgan fingerprint density at radius 1 is 1.05 bits per heavy atom. The molecule has 0 atom stereocenters. The number of carbonyl (C=O) groups excluding carboxylic acids is 1. The van der Waals surface area contributed by atoms with Crippen LogP contribution in [0, 0.1) is 6.92 Å². The lowest BCUT2D eigenvalue weighted by Crippen LogP contribution is -2.49. The number of rotatable bonds is 11. The van der Waals surface area contributed by atoms with E-state index in [4.69, 9.17) is 9.40 Å². The van der Waals surface area contributed by atoms with Crippen molar-refractivity contribution in [2.24, 2.45) is 0 Å². The monoisotopic (exact) mass is 632 g/mol. The van der Waals surface area contributed by atoms with Crippen molar-refractivity contribution in [2.75, 3.05) is 50.3 Å². The molecule has 1 aliphatic rings. The predicted molar refractivity (Wildman–Crippen MR) is 169 cm³/mol. The molecular formula is C26H38Cl2N6O2S3. The van der Waals surface area contributed by atoms with Crippen LogP contribution in [0.15, 0.2) is 44.0 Å². The molecule has 8 nitrogen and oxygen atoms in total. The molecule has 1 amide bonds. The van der Waals surface area contributed by atoms with Gasteiger partial charge in [0.1, 0.15) is 5.03 Å². The number of fused-ring (bicyclic) bond motifs is 1. The quantitative estimate of drug-likeness (QED) is 0.249. The summed E-state index contributed by atoms with van der Waals surface area (Å²) in [5.74, 6) is 0.927. The summed E-state index contributed by atoms with van der Waals surface area (Å²) in [5, 5.41) is 5.59. The van der Waals surface area contributed by atoms with Gasteiger partial charge in [0, 0.05) is 65.8 Å². The van der Waals surface area contributed by atoms with E-state index in [1.54, 1.807) is 41.5 Å². The lowest BCUT2D eigenvalue weighted by molar-refractivity contribution is -0.117. The van der Waals surface area contributed by atoms with E-state index in [0.717, 1.165) is 65.4 Å². The van der Waals surface area contributed by atoms with Crippen LogP contribution in [-0.2, 0) is 4.79 Å². The highest BCUT2D eigenvalue weighted by atomic mass is 35.5. The smallest absolute Gasteiger partial charge is 0.258 e. The number of anilines is 1. The van der Waals surface area contributed by atoms with E-state index in [1.807, 2.05) is 19.1 Å². The fraction of sp³-hybridized carbons (Fsp3) is 0.538. The number of aromatic nitrogens is 3. The van der Waals surface area contributed by atoms with Crippen LogP contribution in [0.4, 0.5) is 5.69 Å². The molecule has 0 aliphatic carbocycles. The molecular weight excluding hydrogens is 595 g/mol. The maximum atomic E-state index is 13.1. The van der Waals surface area contributed by atoms with Gasteiger partial charge in [0.15, 0.2) is 11.2 Å². The summed E-state index contributed by atoms with van der Waals surface area (Å²) in [6.45, 7) is 15.6. The summed E-state index contributed by atoms with van der Waals surface area (Å²) < 4.78 is 5.74. The molecule has 3 aromatic heterocycles. The highest BCUT2D eigenvalue weighted by Gasteiger charge is 2.22. The van der Waals surface area contributed by atoms with E-state index in [9.17, 15) is 4.79 Å². The third-order valence-corrected chi connectivity index (χ3v) is 8.51. The normalized spacial score (nSPS) is 14.4. The number of nitrogens with one attached hydrogen (secondary N) is 1. The van der Waals surface area contributed by atoms with Gasteiger partial charge in [-0.15, -0.1) is 48.3 Å². The van der Waals surface area contributed by atoms with Gasteiger partial charge in [-0.1, -0.05) is 39.5 Å². The van der Waals surface area contributed by atoms with Gasteiger partial charge in [-0.25, -0.2) is 9.97 Å². The summed E-state index contributed by atoms with van der Waals surface area (Å²) in [6, 6.07) is 5.82. The van der Waals surface area contributed by atoms with Crippen LogP contribution in [-0.4, -0.2) is 86.2 Å². The Balaban J connectivity index is 0.00000267. The summed E-state index contributed by atoms with van der Waals surface area (Å²) in [4.78, 5) is 32.3. The second-order valence-electron chi connectivity index (χ2n) is 9.59. The Kier molecular flexibility index (Phi) is 14.2. The zero-order valence-corrected chi connectivity index (χ0v) is 27.1. The molecule has 13 heteroatoms. The third kappa shape index (κ3) is 10.3. The lowest BCUT2D eigenvalue weighted by atomic mass is 10.3. The fourth-order valence-electron chi connectivity index (χ4n) is 4.01. The van der Waals surface area contributed by atoms with E-state index in [0.29, 0.717) is 27.9 Å². The van der Waals surface area contributed by atoms with E-state index >= 15 is 0 Å². The Morgan fingerprint density at radius 2 is 1.74 bits per heavy atom. The molecule has 0 aromatic carbocycles. The first-order valence-electron chi connectivity index (χ1n) is 12.7. The Hall–Kier alpha value is -1.21. The largest absolute Gasteiger partial charge is 0.430 e. The van der Waals surface area contributed by atoms with Crippen molar-refractivity contribution in [3.05, 3.63) is 30.1 Å². The molecule has 39 heavy (non-hydrogen) atoms.